The predicted octanol–water partition coefficient (Wildman–Crippen LogP) is 4.12. The van der Waals surface area contributed by atoms with Gasteiger partial charge in [0.1, 0.15) is 5.82 Å². The third kappa shape index (κ3) is 3.17. The van der Waals surface area contributed by atoms with Gasteiger partial charge in [-0.25, -0.2) is 9.37 Å². The first-order valence-corrected chi connectivity index (χ1v) is 12.2. The van der Waals surface area contributed by atoms with Gasteiger partial charge in [-0.3, -0.25) is 0 Å². The highest BCUT2D eigenvalue weighted by molar-refractivity contribution is 5.69. The van der Waals surface area contributed by atoms with E-state index in [1.54, 1.807) is 18.5 Å². The zero-order valence-corrected chi connectivity index (χ0v) is 19.1. The number of rotatable bonds is 7. The molecule has 1 aromatic heterocycles. The van der Waals surface area contributed by atoms with E-state index in [9.17, 15) is 9.50 Å². The van der Waals surface area contributed by atoms with Crippen LogP contribution in [-0.4, -0.2) is 59.0 Å². The van der Waals surface area contributed by atoms with E-state index >= 15 is 0 Å². The molecule has 1 aliphatic heterocycles. The Kier molecular flexibility index (Phi) is 4.97. The number of ether oxygens (including phenoxy) is 1. The summed E-state index contributed by atoms with van der Waals surface area (Å²) in [4.78, 5) is 6.48. The third-order valence-corrected chi connectivity index (χ3v) is 8.90. The first kappa shape index (κ1) is 20.8. The Morgan fingerprint density at radius 2 is 2.03 bits per heavy atom. The molecule has 0 radical (unpaired) electrons. The molecule has 6 heteroatoms. The summed E-state index contributed by atoms with van der Waals surface area (Å²) >= 11 is 0. The molecule has 4 unspecified atom stereocenters. The molecule has 4 aliphatic carbocycles. The Labute approximate surface area is 189 Å². The van der Waals surface area contributed by atoms with E-state index in [1.807, 2.05) is 12.3 Å². The van der Waals surface area contributed by atoms with Crippen molar-refractivity contribution in [1.29, 1.82) is 0 Å². The molecule has 5 nitrogen and oxygen atoms in total. The summed E-state index contributed by atoms with van der Waals surface area (Å²) in [7, 11) is 4.17. The second kappa shape index (κ2) is 7.64. The SMILES string of the molecule is CN(C)CCOC1C2CC3CC1CC(C(O)CC1c4c(F)cccc4-c4cncn41)(C3)C2. The first-order chi connectivity index (χ1) is 15.4. The topological polar surface area (TPSA) is 50.5 Å². The summed E-state index contributed by atoms with van der Waals surface area (Å²) in [5.41, 5.74) is 2.54. The third-order valence-electron chi connectivity index (χ3n) is 8.90. The molecule has 172 valence electrons. The van der Waals surface area contributed by atoms with E-state index in [-0.39, 0.29) is 17.3 Å². The number of halogens is 1. The quantitative estimate of drug-likeness (QED) is 0.705. The smallest absolute Gasteiger partial charge is 0.129 e. The summed E-state index contributed by atoms with van der Waals surface area (Å²) in [6.07, 6.45) is 9.73. The fraction of sp³-hybridized carbons (Fsp3) is 0.654. The van der Waals surface area contributed by atoms with Crippen LogP contribution in [0.3, 0.4) is 0 Å². The molecular formula is C26H34FN3O2. The maximum absolute atomic E-state index is 14.9. The van der Waals surface area contributed by atoms with Crippen molar-refractivity contribution in [2.75, 3.05) is 27.2 Å². The molecule has 5 aliphatic rings. The highest BCUT2D eigenvalue weighted by Crippen LogP contribution is 2.63. The lowest BCUT2D eigenvalue weighted by Crippen LogP contribution is -2.58. The van der Waals surface area contributed by atoms with Crippen molar-refractivity contribution >= 4 is 0 Å². The summed E-state index contributed by atoms with van der Waals surface area (Å²) in [5.74, 6) is 1.62. The number of imidazole rings is 1. The Hall–Kier alpha value is -1.76. The fourth-order valence-corrected chi connectivity index (χ4v) is 7.78. The van der Waals surface area contributed by atoms with Crippen LogP contribution in [0.4, 0.5) is 4.39 Å². The maximum Gasteiger partial charge on any atom is 0.129 e. The normalized spacial score (nSPS) is 35.3. The Balaban J connectivity index is 1.23. The molecule has 4 atom stereocenters. The average molecular weight is 440 g/mol. The van der Waals surface area contributed by atoms with Gasteiger partial charge < -0.3 is 19.3 Å². The second-order valence-electron chi connectivity index (χ2n) is 11.1. The van der Waals surface area contributed by atoms with E-state index in [1.165, 1.54) is 12.8 Å². The highest BCUT2D eigenvalue weighted by Gasteiger charge is 2.58. The minimum atomic E-state index is -0.441. The van der Waals surface area contributed by atoms with Crippen molar-refractivity contribution in [3.8, 4) is 11.3 Å². The number of aliphatic hydroxyl groups is 1. The fourth-order valence-electron chi connectivity index (χ4n) is 7.78. The Morgan fingerprint density at radius 3 is 2.78 bits per heavy atom. The van der Waals surface area contributed by atoms with Gasteiger partial charge in [0.25, 0.3) is 0 Å². The number of aliphatic hydroxyl groups excluding tert-OH is 1. The van der Waals surface area contributed by atoms with Crippen LogP contribution >= 0.6 is 0 Å². The van der Waals surface area contributed by atoms with Crippen LogP contribution in [0.1, 0.15) is 50.1 Å². The molecule has 0 spiro atoms. The molecule has 2 heterocycles. The van der Waals surface area contributed by atoms with Gasteiger partial charge in [0, 0.05) is 17.7 Å². The molecular weight excluding hydrogens is 405 g/mol. The van der Waals surface area contributed by atoms with Gasteiger partial charge in [0.2, 0.25) is 0 Å². The van der Waals surface area contributed by atoms with Crippen LogP contribution in [0.2, 0.25) is 0 Å². The number of nitrogens with zero attached hydrogens (tertiary/aromatic N) is 3. The van der Waals surface area contributed by atoms with Gasteiger partial charge in [0.15, 0.2) is 0 Å². The summed E-state index contributed by atoms with van der Waals surface area (Å²) in [6, 6.07) is 5.09. The lowest BCUT2D eigenvalue weighted by Gasteiger charge is -2.61. The Morgan fingerprint density at radius 1 is 1.25 bits per heavy atom. The number of hydrogen-bond donors (Lipinski definition) is 1. The van der Waals surface area contributed by atoms with Gasteiger partial charge in [0.05, 0.1) is 43.1 Å². The molecule has 2 aromatic rings. The minimum Gasteiger partial charge on any atom is -0.392 e. The summed E-state index contributed by atoms with van der Waals surface area (Å²) in [5, 5.41) is 11.7. The van der Waals surface area contributed by atoms with Crippen LogP contribution in [0.15, 0.2) is 30.7 Å². The largest absolute Gasteiger partial charge is 0.392 e. The van der Waals surface area contributed by atoms with Crippen molar-refractivity contribution in [2.45, 2.75) is 56.8 Å². The zero-order chi connectivity index (χ0) is 22.0. The van der Waals surface area contributed by atoms with Gasteiger partial charge in [-0.15, -0.1) is 0 Å². The van der Waals surface area contributed by atoms with Crippen LogP contribution in [0.25, 0.3) is 11.3 Å². The van der Waals surface area contributed by atoms with Gasteiger partial charge in [-0.05, 0) is 81.9 Å². The summed E-state index contributed by atoms with van der Waals surface area (Å²) in [6.45, 7) is 1.74. The lowest BCUT2D eigenvalue weighted by molar-refractivity contribution is -0.190. The number of hydrogen-bond acceptors (Lipinski definition) is 4. The number of likely N-dealkylation sites (N-methyl/N-ethyl adjacent to an activating group) is 1. The molecule has 32 heavy (non-hydrogen) atoms. The number of aromatic nitrogens is 2. The highest BCUT2D eigenvalue weighted by atomic mass is 19.1. The van der Waals surface area contributed by atoms with Crippen LogP contribution in [-0.2, 0) is 4.74 Å². The van der Waals surface area contributed by atoms with Crippen molar-refractivity contribution in [1.82, 2.24) is 14.5 Å². The molecule has 4 saturated carbocycles. The van der Waals surface area contributed by atoms with Crippen molar-refractivity contribution < 1.29 is 14.2 Å². The average Bonchev–Trinajstić information content (AvgIpc) is 3.33. The zero-order valence-electron chi connectivity index (χ0n) is 19.1. The molecule has 4 bridgehead atoms. The molecule has 0 amide bonds. The van der Waals surface area contributed by atoms with Crippen molar-refractivity contribution in [3.63, 3.8) is 0 Å². The van der Waals surface area contributed by atoms with Crippen molar-refractivity contribution in [3.05, 3.63) is 42.1 Å². The Bertz CT molecular complexity index is 989. The van der Waals surface area contributed by atoms with Crippen LogP contribution in [0.5, 0.6) is 0 Å². The monoisotopic (exact) mass is 439 g/mol. The summed E-state index contributed by atoms with van der Waals surface area (Å²) < 4.78 is 23.3. The molecule has 1 N–H and O–H groups in total. The van der Waals surface area contributed by atoms with Gasteiger partial charge in [-0.1, -0.05) is 12.1 Å². The van der Waals surface area contributed by atoms with E-state index in [0.29, 0.717) is 30.3 Å². The van der Waals surface area contributed by atoms with Crippen LogP contribution in [0, 0.1) is 29.0 Å². The van der Waals surface area contributed by atoms with Crippen LogP contribution < -0.4 is 0 Å². The minimum absolute atomic E-state index is 0.0489. The molecule has 4 fully saturated rings. The van der Waals surface area contributed by atoms with E-state index < -0.39 is 6.10 Å². The molecule has 0 saturated heterocycles. The van der Waals surface area contributed by atoms with Gasteiger partial charge >= 0.3 is 0 Å². The van der Waals surface area contributed by atoms with Crippen molar-refractivity contribution in [2.24, 2.45) is 23.2 Å². The van der Waals surface area contributed by atoms with E-state index in [2.05, 4.69) is 28.5 Å². The molecule has 1 aromatic carbocycles. The number of fused-ring (bicyclic) bond motifs is 3. The first-order valence-electron chi connectivity index (χ1n) is 12.2. The predicted molar refractivity (Wildman–Crippen MR) is 121 cm³/mol. The van der Waals surface area contributed by atoms with E-state index in [0.717, 1.165) is 49.2 Å². The standard InChI is InChI=1S/C26H34FN3O2/c1-29(2)6-7-32-25-17-8-16-9-18(25)13-26(11-16,12-17)23(31)10-21-24-19(4-3-5-20(24)27)22-14-28-15-30(21)22/h3-5,14-18,21,23,25,31H,6-13H2,1-2H3. The number of benzene rings is 1. The lowest BCUT2D eigenvalue weighted by atomic mass is 9.46. The maximum atomic E-state index is 14.9. The second-order valence-corrected chi connectivity index (χ2v) is 11.1. The van der Waals surface area contributed by atoms with E-state index in [4.69, 9.17) is 4.74 Å². The van der Waals surface area contributed by atoms with Gasteiger partial charge in [-0.2, -0.15) is 0 Å². The molecule has 7 rings (SSSR count).